The Morgan fingerprint density at radius 1 is 1.16 bits per heavy atom. The number of Topliss-reactive ketones (excluding diaryl/α,β-unsaturated/α-hetero) is 1. The van der Waals surface area contributed by atoms with Crippen LogP contribution >= 0.6 is 0 Å². The predicted octanol–water partition coefficient (Wildman–Crippen LogP) is 3.21. The number of carbonyl (C=O) groups is 1. The molecule has 0 N–H and O–H groups in total. The summed E-state index contributed by atoms with van der Waals surface area (Å²) in [4.78, 5) is 15.4. The number of hydrogen-bond acceptors (Lipinski definition) is 3. The van der Waals surface area contributed by atoms with Crippen LogP contribution in [0.1, 0.15) is 28.5 Å². The van der Waals surface area contributed by atoms with Gasteiger partial charge in [0.1, 0.15) is 5.75 Å². The van der Waals surface area contributed by atoms with Gasteiger partial charge in [0.05, 0.1) is 6.61 Å². The summed E-state index contributed by atoms with van der Waals surface area (Å²) in [5.41, 5.74) is 2.79. The zero-order valence-corrected chi connectivity index (χ0v) is 11.2. The minimum Gasteiger partial charge on any atom is -0.493 e. The standard InChI is InChI=1S/C16H17NO2/c1-12-3-7-16(8-4-12)19-10-9-15-6-5-14(11-17-15)13(2)18/h3-8,11H,9-10H2,1-2H3. The molecule has 98 valence electrons. The molecule has 0 unspecified atom stereocenters. The Bertz CT molecular complexity index is 544. The molecule has 0 saturated carbocycles. The van der Waals surface area contributed by atoms with Crippen LogP contribution in [0.3, 0.4) is 0 Å². The fraction of sp³-hybridized carbons (Fsp3) is 0.250. The van der Waals surface area contributed by atoms with E-state index in [4.69, 9.17) is 4.74 Å². The third kappa shape index (κ3) is 3.91. The van der Waals surface area contributed by atoms with Gasteiger partial charge in [0.25, 0.3) is 0 Å². The number of aromatic nitrogens is 1. The van der Waals surface area contributed by atoms with Crippen molar-refractivity contribution in [3.8, 4) is 5.75 Å². The van der Waals surface area contributed by atoms with Gasteiger partial charge in [-0.2, -0.15) is 0 Å². The highest BCUT2D eigenvalue weighted by atomic mass is 16.5. The molecule has 0 atom stereocenters. The maximum Gasteiger partial charge on any atom is 0.161 e. The van der Waals surface area contributed by atoms with Crippen molar-refractivity contribution < 1.29 is 9.53 Å². The van der Waals surface area contributed by atoms with Gasteiger partial charge in [0.2, 0.25) is 0 Å². The van der Waals surface area contributed by atoms with Crippen LogP contribution in [0, 0.1) is 6.92 Å². The molecule has 1 aromatic carbocycles. The average Bonchev–Trinajstić information content (AvgIpc) is 2.41. The zero-order chi connectivity index (χ0) is 13.7. The Hall–Kier alpha value is -2.16. The lowest BCUT2D eigenvalue weighted by atomic mass is 10.2. The van der Waals surface area contributed by atoms with E-state index >= 15 is 0 Å². The number of rotatable bonds is 5. The summed E-state index contributed by atoms with van der Waals surface area (Å²) in [6.45, 7) is 4.16. The van der Waals surface area contributed by atoms with Crippen molar-refractivity contribution in [3.63, 3.8) is 0 Å². The monoisotopic (exact) mass is 255 g/mol. The van der Waals surface area contributed by atoms with Gasteiger partial charge in [-0.05, 0) is 38.1 Å². The summed E-state index contributed by atoms with van der Waals surface area (Å²) in [5, 5.41) is 0. The van der Waals surface area contributed by atoms with E-state index in [1.807, 2.05) is 37.3 Å². The lowest BCUT2D eigenvalue weighted by molar-refractivity contribution is 0.101. The molecule has 0 aliphatic carbocycles. The van der Waals surface area contributed by atoms with Gasteiger partial charge >= 0.3 is 0 Å². The molecule has 1 heterocycles. The van der Waals surface area contributed by atoms with Gasteiger partial charge < -0.3 is 4.74 Å². The summed E-state index contributed by atoms with van der Waals surface area (Å²) >= 11 is 0. The van der Waals surface area contributed by atoms with E-state index in [0.717, 1.165) is 17.9 Å². The van der Waals surface area contributed by atoms with Crippen LogP contribution in [0.5, 0.6) is 5.75 Å². The second-order valence-electron chi connectivity index (χ2n) is 4.51. The molecule has 2 aromatic rings. The first kappa shape index (κ1) is 13.3. The maximum absolute atomic E-state index is 11.1. The molecule has 2 rings (SSSR count). The van der Waals surface area contributed by atoms with E-state index in [1.165, 1.54) is 12.5 Å². The lowest BCUT2D eigenvalue weighted by Gasteiger charge is -2.06. The van der Waals surface area contributed by atoms with Crippen LogP contribution < -0.4 is 4.74 Å². The number of pyridine rings is 1. The van der Waals surface area contributed by atoms with Crippen molar-refractivity contribution in [2.24, 2.45) is 0 Å². The second-order valence-corrected chi connectivity index (χ2v) is 4.51. The molecule has 0 spiro atoms. The van der Waals surface area contributed by atoms with Crippen molar-refractivity contribution in [2.45, 2.75) is 20.3 Å². The van der Waals surface area contributed by atoms with Crippen LogP contribution in [0.2, 0.25) is 0 Å². The van der Waals surface area contributed by atoms with E-state index in [2.05, 4.69) is 4.98 Å². The molecular formula is C16H17NO2. The highest BCUT2D eigenvalue weighted by molar-refractivity contribution is 5.93. The van der Waals surface area contributed by atoms with Crippen LogP contribution in [-0.2, 0) is 6.42 Å². The SMILES string of the molecule is CC(=O)c1ccc(CCOc2ccc(C)cc2)nc1. The first-order chi connectivity index (χ1) is 9.15. The predicted molar refractivity (Wildman–Crippen MR) is 74.6 cm³/mol. The molecule has 19 heavy (non-hydrogen) atoms. The van der Waals surface area contributed by atoms with Crippen molar-refractivity contribution in [1.82, 2.24) is 4.98 Å². The highest BCUT2D eigenvalue weighted by Crippen LogP contribution is 2.11. The van der Waals surface area contributed by atoms with E-state index in [0.29, 0.717) is 12.2 Å². The first-order valence-corrected chi connectivity index (χ1v) is 6.30. The summed E-state index contributed by atoms with van der Waals surface area (Å²) in [6.07, 6.45) is 2.34. The second kappa shape index (κ2) is 6.14. The number of aryl methyl sites for hydroxylation is 1. The van der Waals surface area contributed by atoms with E-state index in [9.17, 15) is 4.79 Å². The molecular weight excluding hydrogens is 238 g/mol. The number of carbonyl (C=O) groups excluding carboxylic acids is 1. The minimum atomic E-state index is 0.0370. The van der Waals surface area contributed by atoms with E-state index in [-0.39, 0.29) is 5.78 Å². The minimum absolute atomic E-state index is 0.0370. The van der Waals surface area contributed by atoms with Crippen LogP contribution in [-0.4, -0.2) is 17.4 Å². The largest absolute Gasteiger partial charge is 0.493 e. The topological polar surface area (TPSA) is 39.2 Å². The van der Waals surface area contributed by atoms with Gasteiger partial charge in [-0.25, -0.2) is 0 Å². The summed E-state index contributed by atoms with van der Waals surface area (Å²) in [7, 11) is 0. The third-order valence-electron chi connectivity index (χ3n) is 2.88. The van der Waals surface area contributed by atoms with Crippen LogP contribution in [0.15, 0.2) is 42.6 Å². The van der Waals surface area contributed by atoms with Gasteiger partial charge in [0.15, 0.2) is 5.78 Å². The van der Waals surface area contributed by atoms with Crippen molar-refractivity contribution in [3.05, 3.63) is 59.4 Å². The fourth-order valence-corrected chi connectivity index (χ4v) is 1.69. The molecule has 3 heteroatoms. The molecule has 0 fully saturated rings. The smallest absolute Gasteiger partial charge is 0.161 e. The van der Waals surface area contributed by atoms with Crippen molar-refractivity contribution >= 4 is 5.78 Å². The first-order valence-electron chi connectivity index (χ1n) is 6.30. The Labute approximate surface area is 113 Å². The Morgan fingerprint density at radius 3 is 2.47 bits per heavy atom. The lowest BCUT2D eigenvalue weighted by Crippen LogP contribution is -2.03. The Balaban J connectivity index is 1.85. The summed E-state index contributed by atoms with van der Waals surface area (Å²) < 4.78 is 5.64. The molecule has 1 aromatic heterocycles. The molecule has 0 aliphatic rings. The Morgan fingerprint density at radius 2 is 1.89 bits per heavy atom. The van der Waals surface area contributed by atoms with Crippen LogP contribution in [0.4, 0.5) is 0 Å². The Kier molecular flexibility index (Phi) is 4.29. The van der Waals surface area contributed by atoms with E-state index in [1.54, 1.807) is 12.3 Å². The third-order valence-corrected chi connectivity index (χ3v) is 2.88. The summed E-state index contributed by atoms with van der Waals surface area (Å²) in [6, 6.07) is 11.6. The number of ether oxygens (including phenoxy) is 1. The molecule has 0 saturated heterocycles. The molecule has 0 aliphatic heterocycles. The normalized spacial score (nSPS) is 10.2. The van der Waals surface area contributed by atoms with Crippen LogP contribution in [0.25, 0.3) is 0 Å². The number of hydrogen-bond donors (Lipinski definition) is 0. The quantitative estimate of drug-likeness (QED) is 0.770. The van der Waals surface area contributed by atoms with E-state index < -0.39 is 0 Å². The van der Waals surface area contributed by atoms with Gasteiger partial charge in [-0.1, -0.05) is 17.7 Å². The number of benzene rings is 1. The highest BCUT2D eigenvalue weighted by Gasteiger charge is 2.01. The average molecular weight is 255 g/mol. The number of ketones is 1. The van der Waals surface area contributed by atoms with Gasteiger partial charge in [-0.3, -0.25) is 9.78 Å². The van der Waals surface area contributed by atoms with Crippen molar-refractivity contribution in [2.75, 3.05) is 6.61 Å². The van der Waals surface area contributed by atoms with Gasteiger partial charge in [0, 0.05) is 23.9 Å². The molecule has 0 bridgehead atoms. The summed E-state index contributed by atoms with van der Waals surface area (Å²) in [5.74, 6) is 0.904. The molecule has 0 radical (unpaired) electrons. The molecule has 3 nitrogen and oxygen atoms in total. The maximum atomic E-state index is 11.1. The molecule has 0 amide bonds. The van der Waals surface area contributed by atoms with Crippen molar-refractivity contribution in [1.29, 1.82) is 0 Å². The zero-order valence-electron chi connectivity index (χ0n) is 11.2. The van der Waals surface area contributed by atoms with Gasteiger partial charge in [-0.15, -0.1) is 0 Å². The fourth-order valence-electron chi connectivity index (χ4n) is 1.69. The number of nitrogens with zero attached hydrogens (tertiary/aromatic N) is 1.